The molecule has 0 bridgehead atoms. The molecule has 1 aromatic heterocycles. The van der Waals surface area contributed by atoms with Gasteiger partial charge >= 0.3 is 0 Å². The number of aromatic nitrogens is 1. The average Bonchev–Trinajstić information content (AvgIpc) is 3.18. The zero-order valence-corrected chi connectivity index (χ0v) is 15.7. The molecule has 2 N–H and O–H groups in total. The standard InChI is InChI=1S/C21H24FN3O3/c1-2-23-21(28)20-16(12-26)15-11-24-17(7-4-8-18(24)27)19(15)25(20)10-13-5-3-6-14(22)9-13/h3-9,15-16,19-20,26H,2,10-12H2,1H3,(H,23,28)/t15-,16-,19+,20-/m1/s1. The van der Waals surface area contributed by atoms with Crippen molar-refractivity contribution in [2.45, 2.75) is 32.1 Å². The molecule has 3 heterocycles. The summed E-state index contributed by atoms with van der Waals surface area (Å²) in [6.45, 7) is 3.03. The monoisotopic (exact) mass is 385 g/mol. The van der Waals surface area contributed by atoms with Gasteiger partial charge in [0.15, 0.2) is 0 Å². The number of hydrogen-bond donors (Lipinski definition) is 2. The highest BCUT2D eigenvalue weighted by atomic mass is 19.1. The molecule has 2 aliphatic heterocycles. The first-order valence-electron chi connectivity index (χ1n) is 9.63. The Morgan fingerprint density at radius 3 is 2.79 bits per heavy atom. The number of likely N-dealkylation sites (tertiary alicyclic amines) is 1. The Morgan fingerprint density at radius 1 is 1.29 bits per heavy atom. The fourth-order valence-corrected chi connectivity index (χ4v) is 4.86. The van der Waals surface area contributed by atoms with Gasteiger partial charge in [0.1, 0.15) is 5.82 Å². The molecule has 4 rings (SSSR count). The number of carbonyl (C=O) groups is 1. The van der Waals surface area contributed by atoms with Gasteiger partial charge in [-0.05, 0) is 30.7 Å². The Labute approximate surface area is 162 Å². The number of hydrogen-bond acceptors (Lipinski definition) is 4. The average molecular weight is 385 g/mol. The number of pyridine rings is 1. The van der Waals surface area contributed by atoms with Crippen LogP contribution in [0.25, 0.3) is 0 Å². The van der Waals surface area contributed by atoms with Crippen LogP contribution in [0.1, 0.15) is 24.2 Å². The molecule has 2 aliphatic rings. The van der Waals surface area contributed by atoms with Crippen molar-refractivity contribution < 1.29 is 14.3 Å². The largest absolute Gasteiger partial charge is 0.396 e. The van der Waals surface area contributed by atoms with Crippen molar-refractivity contribution in [2.24, 2.45) is 11.8 Å². The maximum Gasteiger partial charge on any atom is 0.250 e. The van der Waals surface area contributed by atoms with Crippen molar-refractivity contribution >= 4 is 5.91 Å². The van der Waals surface area contributed by atoms with Crippen LogP contribution in [-0.2, 0) is 17.9 Å². The van der Waals surface area contributed by atoms with Gasteiger partial charge < -0.3 is 15.0 Å². The first kappa shape index (κ1) is 18.8. The highest BCUT2D eigenvalue weighted by Gasteiger charge is 2.55. The van der Waals surface area contributed by atoms with E-state index in [1.54, 1.807) is 16.7 Å². The van der Waals surface area contributed by atoms with Gasteiger partial charge in [0.2, 0.25) is 5.91 Å². The van der Waals surface area contributed by atoms with Gasteiger partial charge in [0.25, 0.3) is 5.56 Å². The quantitative estimate of drug-likeness (QED) is 0.813. The predicted octanol–water partition coefficient (Wildman–Crippen LogP) is 1.29. The molecule has 7 heteroatoms. The zero-order valence-electron chi connectivity index (χ0n) is 15.7. The second-order valence-electron chi connectivity index (χ2n) is 7.50. The normalized spacial score (nSPS) is 26.1. The molecule has 0 spiro atoms. The van der Waals surface area contributed by atoms with Crippen LogP contribution in [0.2, 0.25) is 0 Å². The van der Waals surface area contributed by atoms with Gasteiger partial charge in [-0.3, -0.25) is 14.5 Å². The van der Waals surface area contributed by atoms with E-state index < -0.39 is 6.04 Å². The van der Waals surface area contributed by atoms with Crippen molar-refractivity contribution in [1.29, 1.82) is 0 Å². The summed E-state index contributed by atoms with van der Waals surface area (Å²) in [5.74, 6) is -0.826. The van der Waals surface area contributed by atoms with E-state index in [0.29, 0.717) is 19.6 Å². The van der Waals surface area contributed by atoms with E-state index in [9.17, 15) is 19.1 Å². The van der Waals surface area contributed by atoms with E-state index in [1.165, 1.54) is 18.2 Å². The number of likely N-dealkylation sites (N-methyl/N-ethyl adjacent to an activating group) is 1. The summed E-state index contributed by atoms with van der Waals surface area (Å²) in [7, 11) is 0. The molecular formula is C21H24FN3O3. The molecule has 148 valence electrons. The molecular weight excluding hydrogens is 361 g/mol. The topological polar surface area (TPSA) is 74.6 Å². The van der Waals surface area contributed by atoms with E-state index in [0.717, 1.165) is 11.3 Å². The Bertz CT molecular complexity index is 944. The number of amides is 1. The molecule has 28 heavy (non-hydrogen) atoms. The molecule has 1 fully saturated rings. The summed E-state index contributed by atoms with van der Waals surface area (Å²) in [5.41, 5.74) is 1.52. The van der Waals surface area contributed by atoms with E-state index in [-0.39, 0.29) is 41.8 Å². The second kappa shape index (κ2) is 7.48. The molecule has 0 unspecified atom stereocenters. The lowest BCUT2D eigenvalue weighted by atomic mass is 9.88. The number of halogens is 1. The fraction of sp³-hybridized carbons (Fsp3) is 0.429. The van der Waals surface area contributed by atoms with Gasteiger partial charge in [-0.2, -0.15) is 0 Å². The third-order valence-corrected chi connectivity index (χ3v) is 5.94. The highest BCUT2D eigenvalue weighted by Crippen LogP contribution is 2.49. The fourth-order valence-electron chi connectivity index (χ4n) is 4.86. The van der Waals surface area contributed by atoms with Crippen molar-refractivity contribution in [3.8, 4) is 0 Å². The number of nitrogens with one attached hydrogen (secondary N) is 1. The SMILES string of the molecule is CCNC(=O)[C@H]1[C@H](CO)[C@H]2Cn3c(cccc3=O)[C@H]2N1Cc1cccc(F)c1. The molecule has 2 aromatic rings. The molecule has 6 nitrogen and oxygen atoms in total. The van der Waals surface area contributed by atoms with Crippen LogP contribution in [0.4, 0.5) is 4.39 Å². The lowest BCUT2D eigenvalue weighted by Gasteiger charge is -2.30. The van der Waals surface area contributed by atoms with Crippen LogP contribution in [0, 0.1) is 17.7 Å². The Morgan fingerprint density at radius 2 is 2.07 bits per heavy atom. The van der Waals surface area contributed by atoms with Crippen LogP contribution in [0.5, 0.6) is 0 Å². The Kier molecular flexibility index (Phi) is 5.03. The molecule has 0 aliphatic carbocycles. The van der Waals surface area contributed by atoms with Gasteiger partial charge in [-0.1, -0.05) is 18.2 Å². The lowest BCUT2D eigenvalue weighted by Crippen LogP contribution is -2.48. The third kappa shape index (κ3) is 3.04. The number of benzene rings is 1. The Hall–Kier alpha value is -2.51. The summed E-state index contributed by atoms with van der Waals surface area (Å²) >= 11 is 0. The summed E-state index contributed by atoms with van der Waals surface area (Å²) in [6.07, 6.45) is 0. The van der Waals surface area contributed by atoms with E-state index >= 15 is 0 Å². The minimum absolute atomic E-state index is 0.0544. The van der Waals surface area contributed by atoms with Crippen LogP contribution in [-0.4, -0.2) is 39.7 Å². The third-order valence-electron chi connectivity index (χ3n) is 5.94. The van der Waals surface area contributed by atoms with E-state index in [2.05, 4.69) is 5.32 Å². The van der Waals surface area contributed by atoms with Crippen LogP contribution >= 0.6 is 0 Å². The van der Waals surface area contributed by atoms with Crippen molar-refractivity contribution in [2.75, 3.05) is 13.2 Å². The summed E-state index contributed by atoms with van der Waals surface area (Å²) in [4.78, 5) is 27.2. The number of aliphatic hydroxyl groups is 1. The number of rotatable bonds is 5. The van der Waals surface area contributed by atoms with Crippen LogP contribution < -0.4 is 10.9 Å². The number of carbonyl (C=O) groups excluding carboxylic acids is 1. The summed E-state index contributed by atoms with van der Waals surface area (Å²) < 4.78 is 15.5. The van der Waals surface area contributed by atoms with Gasteiger partial charge in [0.05, 0.1) is 12.1 Å². The summed E-state index contributed by atoms with van der Waals surface area (Å²) in [5, 5.41) is 13.0. The number of nitrogens with zero attached hydrogens (tertiary/aromatic N) is 2. The zero-order chi connectivity index (χ0) is 19.8. The first-order chi connectivity index (χ1) is 13.5. The summed E-state index contributed by atoms with van der Waals surface area (Å²) in [6, 6.07) is 10.8. The first-order valence-corrected chi connectivity index (χ1v) is 9.63. The number of aliphatic hydroxyl groups excluding tert-OH is 1. The van der Waals surface area contributed by atoms with Crippen molar-refractivity contribution in [3.05, 3.63) is 69.9 Å². The lowest BCUT2D eigenvalue weighted by molar-refractivity contribution is -0.127. The van der Waals surface area contributed by atoms with E-state index in [4.69, 9.17) is 0 Å². The molecule has 1 aromatic carbocycles. The molecule has 4 atom stereocenters. The maximum absolute atomic E-state index is 13.7. The van der Waals surface area contributed by atoms with E-state index in [1.807, 2.05) is 24.0 Å². The van der Waals surface area contributed by atoms with Crippen LogP contribution in [0.3, 0.4) is 0 Å². The Balaban J connectivity index is 1.78. The molecule has 1 amide bonds. The van der Waals surface area contributed by atoms with Gasteiger partial charge in [-0.15, -0.1) is 0 Å². The van der Waals surface area contributed by atoms with Gasteiger partial charge in [0, 0.05) is 49.8 Å². The molecule has 0 radical (unpaired) electrons. The van der Waals surface area contributed by atoms with Crippen molar-refractivity contribution in [1.82, 2.24) is 14.8 Å². The minimum Gasteiger partial charge on any atom is -0.396 e. The second-order valence-corrected chi connectivity index (χ2v) is 7.50. The maximum atomic E-state index is 13.7. The number of fused-ring (bicyclic) bond motifs is 3. The molecule has 0 saturated carbocycles. The van der Waals surface area contributed by atoms with Gasteiger partial charge in [-0.25, -0.2) is 4.39 Å². The van der Waals surface area contributed by atoms with Crippen molar-refractivity contribution in [3.63, 3.8) is 0 Å². The predicted molar refractivity (Wildman–Crippen MR) is 102 cm³/mol. The highest BCUT2D eigenvalue weighted by molar-refractivity contribution is 5.82. The smallest absolute Gasteiger partial charge is 0.250 e. The minimum atomic E-state index is -0.535. The van der Waals surface area contributed by atoms with Crippen LogP contribution in [0.15, 0.2) is 47.3 Å². The molecule has 1 saturated heterocycles.